The second-order valence-corrected chi connectivity index (χ2v) is 6.52. The zero-order chi connectivity index (χ0) is 14.2. The quantitative estimate of drug-likeness (QED) is 0.800. The number of rotatable bonds is 4. The van der Waals surface area contributed by atoms with Crippen molar-refractivity contribution in [2.24, 2.45) is 5.92 Å². The summed E-state index contributed by atoms with van der Waals surface area (Å²) < 4.78 is 0. The lowest BCUT2D eigenvalue weighted by Crippen LogP contribution is -2.26. The van der Waals surface area contributed by atoms with Crippen molar-refractivity contribution in [3.8, 4) is 0 Å². The summed E-state index contributed by atoms with van der Waals surface area (Å²) in [6.07, 6.45) is 2.26. The van der Waals surface area contributed by atoms with Crippen molar-refractivity contribution in [2.75, 3.05) is 5.32 Å². The first-order valence-electron chi connectivity index (χ1n) is 6.98. The predicted octanol–water partition coefficient (Wildman–Crippen LogP) is 4.63. The van der Waals surface area contributed by atoms with Crippen molar-refractivity contribution in [3.05, 3.63) is 29.3 Å². The molecule has 2 nitrogen and oxygen atoms in total. The SMILES string of the molecule is CCCC(C)C(Cl)c1ccc2c(c1)C(C)(C)C(=O)N2. The zero-order valence-corrected chi connectivity index (χ0v) is 12.8. The highest BCUT2D eigenvalue weighted by Gasteiger charge is 2.38. The van der Waals surface area contributed by atoms with Gasteiger partial charge < -0.3 is 5.32 Å². The number of halogens is 1. The van der Waals surface area contributed by atoms with Crippen LogP contribution in [0.1, 0.15) is 57.0 Å². The van der Waals surface area contributed by atoms with Gasteiger partial charge in [0.05, 0.1) is 10.8 Å². The third kappa shape index (κ3) is 2.51. The molecule has 1 heterocycles. The van der Waals surface area contributed by atoms with Crippen LogP contribution in [0, 0.1) is 5.92 Å². The van der Waals surface area contributed by atoms with Crippen LogP contribution in [0.5, 0.6) is 0 Å². The van der Waals surface area contributed by atoms with Crippen LogP contribution in [0.3, 0.4) is 0 Å². The number of amides is 1. The zero-order valence-electron chi connectivity index (χ0n) is 12.1. The fourth-order valence-electron chi connectivity index (χ4n) is 2.69. The summed E-state index contributed by atoms with van der Waals surface area (Å²) in [5, 5.41) is 2.94. The number of carbonyl (C=O) groups is 1. The lowest BCUT2D eigenvalue weighted by molar-refractivity contribution is -0.119. The van der Waals surface area contributed by atoms with Gasteiger partial charge in [0, 0.05) is 5.69 Å². The van der Waals surface area contributed by atoms with E-state index in [1.165, 1.54) is 0 Å². The second kappa shape index (κ2) is 5.16. The van der Waals surface area contributed by atoms with Crippen LogP contribution in [0.15, 0.2) is 18.2 Å². The first kappa shape index (κ1) is 14.4. The second-order valence-electron chi connectivity index (χ2n) is 6.05. The summed E-state index contributed by atoms with van der Waals surface area (Å²) in [6.45, 7) is 8.27. The molecule has 1 aromatic rings. The largest absolute Gasteiger partial charge is 0.325 e. The van der Waals surface area contributed by atoms with E-state index in [0.717, 1.165) is 29.7 Å². The van der Waals surface area contributed by atoms with Crippen molar-refractivity contribution in [1.29, 1.82) is 0 Å². The average molecular weight is 280 g/mol. The molecule has 1 aliphatic heterocycles. The van der Waals surface area contributed by atoms with Crippen molar-refractivity contribution in [3.63, 3.8) is 0 Å². The number of hydrogen-bond donors (Lipinski definition) is 1. The van der Waals surface area contributed by atoms with Crippen LogP contribution < -0.4 is 5.32 Å². The Labute approximate surface area is 120 Å². The fraction of sp³-hybridized carbons (Fsp3) is 0.562. The number of alkyl halides is 1. The van der Waals surface area contributed by atoms with E-state index in [2.05, 4.69) is 25.2 Å². The molecule has 0 fully saturated rings. The summed E-state index contributed by atoms with van der Waals surface area (Å²) in [6, 6.07) is 6.10. The Morgan fingerprint density at radius 1 is 1.37 bits per heavy atom. The molecule has 0 radical (unpaired) electrons. The van der Waals surface area contributed by atoms with Gasteiger partial charge in [-0.3, -0.25) is 4.79 Å². The first-order chi connectivity index (χ1) is 8.87. The maximum absolute atomic E-state index is 11.9. The molecule has 2 rings (SSSR count). The van der Waals surface area contributed by atoms with E-state index in [1.54, 1.807) is 0 Å². The molecule has 0 saturated carbocycles. The molecule has 1 aromatic carbocycles. The molecule has 3 heteroatoms. The standard InChI is InChI=1S/C16H22ClNO/c1-5-6-10(2)14(17)11-7-8-13-12(9-11)16(3,4)15(19)18-13/h7-10,14H,5-6H2,1-4H3,(H,18,19). The monoisotopic (exact) mass is 279 g/mol. The van der Waals surface area contributed by atoms with Gasteiger partial charge in [-0.2, -0.15) is 0 Å². The lowest BCUT2D eigenvalue weighted by Gasteiger charge is -2.20. The van der Waals surface area contributed by atoms with E-state index in [0.29, 0.717) is 5.92 Å². The minimum absolute atomic E-state index is 0.0109. The third-order valence-electron chi connectivity index (χ3n) is 4.09. The Kier molecular flexibility index (Phi) is 3.91. The van der Waals surface area contributed by atoms with Crippen molar-refractivity contribution < 1.29 is 4.79 Å². The molecule has 1 N–H and O–H groups in total. The Morgan fingerprint density at radius 3 is 2.68 bits per heavy atom. The smallest absolute Gasteiger partial charge is 0.234 e. The van der Waals surface area contributed by atoms with Crippen molar-refractivity contribution in [1.82, 2.24) is 0 Å². The molecule has 1 aliphatic rings. The number of anilines is 1. The summed E-state index contributed by atoms with van der Waals surface area (Å²) in [5.74, 6) is 0.505. The van der Waals surface area contributed by atoms with Gasteiger partial charge in [-0.15, -0.1) is 11.6 Å². The van der Waals surface area contributed by atoms with Gasteiger partial charge in [0.2, 0.25) is 5.91 Å². The van der Waals surface area contributed by atoms with Gasteiger partial charge in [-0.05, 0) is 43.4 Å². The van der Waals surface area contributed by atoms with Gasteiger partial charge in [0.1, 0.15) is 0 Å². The topological polar surface area (TPSA) is 29.1 Å². The summed E-state index contributed by atoms with van der Waals surface area (Å²) in [5.41, 5.74) is 2.64. The van der Waals surface area contributed by atoms with Crippen molar-refractivity contribution >= 4 is 23.2 Å². The van der Waals surface area contributed by atoms with E-state index in [-0.39, 0.29) is 11.3 Å². The Morgan fingerprint density at radius 2 is 2.05 bits per heavy atom. The Balaban J connectivity index is 2.32. The van der Waals surface area contributed by atoms with Crippen LogP contribution >= 0.6 is 11.6 Å². The molecule has 1 amide bonds. The van der Waals surface area contributed by atoms with Gasteiger partial charge in [0.25, 0.3) is 0 Å². The molecule has 19 heavy (non-hydrogen) atoms. The first-order valence-corrected chi connectivity index (χ1v) is 7.41. The van der Waals surface area contributed by atoms with E-state index in [1.807, 2.05) is 26.0 Å². The molecule has 2 atom stereocenters. The molecule has 2 unspecified atom stereocenters. The van der Waals surface area contributed by atoms with Crippen molar-refractivity contribution in [2.45, 2.75) is 51.3 Å². The minimum Gasteiger partial charge on any atom is -0.325 e. The number of nitrogens with one attached hydrogen (secondary N) is 1. The predicted molar refractivity (Wildman–Crippen MR) is 80.8 cm³/mol. The fourth-order valence-corrected chi connectivity index (χ4v) is 2.95. The summed E-state index contributed by atoms with van der Waals surface area (Å²) in [7, 11) is 0. The molecule has 104 valence electrons. The van der Waals surface area contributed by atoms with E-state index in [9.17, 15) is 4.79 Å². The summed E-state index contributed by atoms with van der Waals surface area (Å²) in [4.78, 5) is 11.9. The maximum Gasteiger partial charge on any atom is 0.234 e. The molecule has 0 spiro atoms. The van der Waals surface area contributed by atoms with E-state index in [4.69, 9.17) is 11.6 Å². The number of fused-ring (bicyclic) bond motifs is 1. The molecular weight excluding hydrogens is 258 g/mol. The van der Waals surface area contributed by atoms with Crippen LogP contribution in [0.2, 0.25) is 0 Å². The normalized spacial score (nSPS) is 19.7. The van der Waals surface area contributed by atoms with Crippen LogP contribution in [-0.2, 0) is 10.2 Å². The van der Waals surface area contributed by atoms with Crippen LogP contribution in [0.25, 0.3) is 0 Å². The maximum atomic E-state index is 11.9. The van der Waals surface area contributed by atoms with Crippen LogP contribution in [0.4, 0.5) is 5.69 Å². The molecule has 0 aromatic heterocycles. The number of benzene rings is 1. The highest BCUT2D eigenvalue weighted by Crippen LogP contribution is 2.41. The minimum atomic E-state index is -0.462. The number of carbonyl (C=O) groups excluding carboxylic acids is 1. The Hall–Kier alpha value is -1.02. The highest BCUT2D eigenvalue weighted by molar-refractivity contribution is 6.21. The van der Waals surface area contributed by atoms with Crippen LogP contribution in [-0.4, -0.2) is 5.91 Å². The average Bonchev–Trinajstić information content (AvgIpc) is 2.59. The molecule has 0 bridgehead atoms. The highest BCUT2D eigenvalue weighted by atomic mass is 35.5. The van der Waals surface area contributed by atoms with E-state index >= 15 is 0 Å². The summed E-state index contributed by atoms with van der Waals surface area (Å²) >= 11 is 6.56. The van der Waals surface area contributed by atoms with Gasteiger partial charge in [-0.25, -0.2) is 0 Å². The molecule has 0 saturated heterocycles. The molecular formula is C16H22ClNO. The lowest BCUT2D eigenvalue weighted by atomic mass is 9.84. The van der Waals surface area contributed by atoms with Gasteiger partial charge in [0.15, 0.2) is 0 Å². The van der Waals surface area contributed by atoms with Gasteiger partial charge in [-0.1, -0.05) is 32.4 Å². The van der Waals surface area contributed by atoms with Gasteiger partial charge >= 0.3 is 0 Å². The third-order valence-corrected chi connectivity index (χ3v) is 4.78. The number of hydrogen-bond acceptors (Lipinski definition) is 1. The molecule has 0 aliphatic carbocycles. The Bertz CT molecular complexity index is 496. The van der Waals surface area contributed by atoms with E-state index < -0.39 is 5.41 Å².